The van der Waals surface area contributed by atoms with E-state index in [0.29, 0.717) is 27.7 Å². The predicted molar refractivity (Wildman–Crippen MR) is 133 cm³/mol. The molecule has 3 aromatic rings. The summed E-state index contributed by atoms with van der Waals surface area (Å²) in [5.74, 6) is 1.72. The zero-order valence-corrected chi connectivity index (χ0v) is 20.8. The molecular formula is C25H27ClN4O2S. The summed E-state index contributed by atoms with van der Waals surface area (Å²) in [6.07, 6.45) is 1.20. The molecule has 1 atom stereocenters. The Kier molecular flexibility index (Phi) is 7.20. The molecule has 0 saturated carbocycles. The molecule has 0 fully saturated rings. The molecule has 1 aromatic heterocycles. The van der Waals surface area contributed by atoms with E-state index in [0.717, 1.165) is 41.0 Å². The number of benzene rings is 2. The smallest absolute Gasteiger partial charge is 0.247 e. The zero-order valence-electron chi connectivity index (χ0n) is 19.2. The van der Waals surface area contributed by atoms with Crippen LogP contribution in [0.15, 0.2) is 47.6 Å². The summed E-state index contributed by atoms with van der Waals surface area (Å²) in [4.78, 5) is 19.3. The minimum atomic E-state index is -0.711. The average Bonchev–Trinajstić information content (AvgIpc) is 2.93. The van der Waals surface area contributed by atoms with E-state index in [1.54, 1.807) is 28.8 Å². The van der Waals surface area contributed by atoms with Crippen LogP contribution in [0.2, 0.25) is 5.02 Å². The molecule has 1 amide bonds. The zero-order chi connectivity index (χ0) is 23.5. The summed E-state index contributed by atoms with van der Waals surface area (Å²) in [5.41, 5.74) is 3.96. The number of thioether (sulfide) groups is 1. The van der Waals surface area contributed by atoms with Crippen LogP contribution in [0, 0.1) is 5.92 Å². The summed E-state index contributed by atoms with van der Waals surface area (Å²) in [5, 5.41) is 10.1. The van der Waals surface area contributed by atoms with Gasteiger partial charge in [0.05, 0.1) is 5.69 Å². The minimum absolute atomic E-state index is 0.146. The summed E-state index contributed by atoms with van der Waals surface area (Å²) in [6, 6.07) is 13.3. The third-order valence-electron chi connectivity index (χ3n) is 5.50. The first kappa shape index (κ1) is 23.5. The van der Waals surface area contributed by atoms with Gasteiger partial charge in [-0.3, -0.25) is 9.69 Å². The van der Waals surface area contributed by atoms with Gasteiger partial charge in [0, 0.05) is 28.8 Å². The molecule has 0 radical (unpaired) electrons. The van der Waals surface area contributed by atoms with Crippen molar-refractivity contribution in [3.05, 3.63) is 58.6 Å². The monoisotopic (exact) mass is 482 g/mol. The second kappa shape index (κ2) is 10.1. The maximum absolute atomic E-state index is 12.9. The molecule has 8 heteroatoms. The van der Waals surface area contributed by atoms with Gasteiger partial charge in [0.15, 0.2) is 5.69 Å². The molecule has 6 nitrogen and oxygen atoms in total. The van der Waals surface area contributed by atoms with Crippen molar-refractivity contribution in [2.24, 2.45) is 5.92 Å². The summed E-state index contributed by atoms with van der Waals surface area (Å²) in [6.45, 7) is 8.00. The van der Waals surface area contributed by atoms with Crippen molar-refractivity contribution in [1.29, 1.82) is 0 Å². The van der Waals surface area contributed by atoms with Crippen molar-refractivity contribution in [2.75, 3.05) is 10.7 Å². The van der Waals surface area contributed by atoms with E-state index in [2.05, 4.69) is 31.0 Å². The van der Waals surface area contributed by atoms with Gasteiger partial charge in [0.2, 0.25) is 23.2 Å². The quantitative estimate of drug-likeness (QED) is 0.382. The van der Waals surface area contributed by atoms with Gasteiger partial charge >= 0.3 is 0 Å². The second-order valence-electron chi connectivity index (χ2n) is 8.39. The number of nitrogens with zero attached hydrogens (tertiary/aromatic N) is 4. The molecule has 0 aliphatic carbocycles. The molecule has 2 heterocycles. The fraction of sp³-hybridized carbons (Fsp3) is 0.360. The average molecular weight is 483 g/mol. The van der Waals surface area contributed by atoms with Crippen LogP contribution in [0.1, 0.15) is 51.5 Å². The highest BCUT2D eigenvalue weighted by molar-refractivity contribution is 7.99. The van der Waals surface area contributed by atoms with Gasteiger partial charge in [-0.2, -0.15) is 4.98 Å². The van der Waals surface area contributed by atoms with Crippen molar-refractivity contribution >= 4 is 35.0 Å². The van der Waals surface area contributed by atoms with Gasteiger partial charge in [0.1, 0.15) is 0 Å². The lowest BCUT2D eigenvalue weighted by Crippen LogP contribution is -2.36. The molecule has 4 rings (SSSR count). The normalized spacial score (nSPS) is 15.0. The van der Waals surface area contributed by atoms with Crippen LogP contribution >= 0.6 is 23.4 Å². The van der Waals surface area contributed by atoms with Gasteiger partial charge in [-0.05, 0) is 48.6 Å². The van der Waals surface area contributed by atoms with Crippen LogP contribution < -0.4 is 9.64 Å². The molecule has 0 N–H and O–H groups in total. The number of anilines is 1. The van der Waals surface area contributed by atoms with Crippen LogP contribution in [0.3, 0.4) is 0 Å². The highest BCUT2D eigenvalue weighted by atomic mass is 35.5. The van der Waals surface area contributed by atoms with E-state index in [-0.39, 0.29) is 5.91 Å². The molecule has 172 valence electrons. The Morgan fingerprint density at radius 2 is 1.94 bits per heavy atom. The number of amides is 1. The molecule has 0 bridgehead atoms. The Morgan fingerprint density at radius 1 is 1.18 bits per heavy atom. The molecule has 1 aliphatic rings. The SMILES string of the molecule is CCc1ccc2c(c1)-c1nnc(SCCC(C)C)nc1O[C@@H](c1ccc(Cl)cc1)N2C(C)=O. The van der Waals surface area contributed by atoms with E-state index in [1.165, 1.54) is 6.92 Å². The van der Waals surface area contributed by atoms with E-state index >= 15 is 0 Å². The lowest BCUT2D eigenvalue weighted by atomic mass is 10.0. The summed E-state index contributed by atoms with van der Waals surface area (Å²) < 4.78 is 6.42. The number of ether oxygens (including phenoxy) is 1. The molecule has 0 saturated heterocycles. The Bertz CT molecular complexity index is 1150. The van der Waals surface area contributed by atoms with E-state index in [1.807, 2.05) is 30.3 Å². The van der Waals surface area contributed by atoms with Crippen LogP contribution in [0.4, 0.5) is 5.69 Å². The van der Waals surface area contributed by atoms with Crippen molar-refractivity contribution in [3.8, 4) is 17.1 Å². The number of fused-ring (bicyclic) bond motifs is 3. The third-order valence-corrected chi connectivity index (χ3v) is 6.62. The molecular weight excluding hydrogens is 456 g/mol. The van der Waals surface area contributed by atoms with Gasteiger partial charge in [-0.25, -0.2) is 0 Å². The second-order valence-corrected chi connectivity index (χ2v) is 9.89. The molecule has 0 unspecified atom stereocenters. The fourth-order valence-corrected chi connectivity index (χ4v) is 4.81. The number of aromatic nitrogens is 3. The highest BCUT2D eigenvalue weighted by Gasteiger charge is 2.34. The highest BCUT2D eigenvalue weighted by Crippen LogP contribution is 2.44. The van der Waals surface area contributed by atoms with Crippen LogP contribution in [0.25, 0.3) is 11.3 Å². The maximum Gasteiger partial charge on any atom is 0.247 e. The number of rotatable bonds is 6. The Labute approximate surface area is 203 Å². The summed E-state index contributed by atoms with van der Waals surface area (Å²) in [7, 11) is 0. The number of carbonyl (C=O) groups excluding carboxylic acids is 1. The minimum Gasteiger partial charge on any atom is -0.447 e. The molecule has 2 aromatic carbocycles. The van der Waals surface area contributed by atoms with Gasteiger partial charge < -0.3 is 4.74 Å². The van der Waals surface area contributed by atoms with Gasteiger partial charge in [0.25, 0.3) is 0 Å². The Morgan fingerprint density at radius 3 is 2.61 bits per heavy atom. The van der Waals surface area contributed by atoms with Crippen molar-refractivity contribution < 1.29 is 9.53 Å². The first-order chi connectivity index (χ1) is 15.9. The van der Waals surface area contributed by atoms with Gasteiger partial charge in [-0.15, -0.1) is 10.2 Å². The Hall–Kier alpha value is -2.64. The standard InChI is InChI=1S/C25H27ClN4O2S/c1-5-17-6-11-21-20(14-17)22-23(27-25(29-28-22)33-13-12-15(2)3)32-24(30(21)16(4)31)18-7-9-19(26)10-8-18/h6-11,14-15,24H,5,12-13H2,1-4H3/t24-/m0/s1. The maximum atomic E-state index is 12.9. The van der Waals surface area contributed by atoms with Crippen molar-refractivity contribution in [2.45, 2.75) is 51.9 Å². The number of hydrogen-bond acceptors (Lipinski definition) is 6. The van der Waals surface area contributed by atoms with E-state index in [9.17, 15) is 4.79 Å². The van der Waals surface area contributed by atoms with Crippen molar-refractivity contribution in [3.63, 3.8) is 0 Å². The molecule has 33 heavy (non-hydrogen) atoms. The van der Waals surface area contributed by atoms with Crippen molar-refractivity contribution in [1.82, 2.24) is 15.2 Å². The summed E-state index contributed by atoms with van der Waals surface area (Å²) >= 11 is 7.67. The number of halogens is 1. The van der Waals surface area contributed by atoms with E-state index < -0.39 is 6.23 Å². The van der Waals surface area contributed by atoms with Crippen LogP contribution in [-0.2, 0) is 11.2 Å². The van der Waals surface area contributed by atoms with Gasteiger partial charge in [-0.1, -0.05) is 62.3 Å². The largest absolute Gasteiger partial charge is 0.447 e. The molecule has 1 aliphatic heterocycles. The topological polar surface area (TPSA) is 68.2 Å². The fourth-order valence-electron chi connectivity index (χ4n) is 3.66. The number of hydrogen-bond donors (Lipinski definition) is 0. The lowest BCUT2D eigenvalue weighted by molar-refractivity contribution is -0.118. The Balaban J connectivity index is 1.85. The number of carbonyl (C=O) groups is 1. The predicted octanol–water partition coefficient (Wildman–Crippen LogP) is 6.34. The molecule has 0 spiro atoms. The first-order valence-electron chi connectivity index (χ1n) is 11.1. The lowest BCUT2D eigenvalue weighted by Gasteiger charge is -2.30. The first-order valence-corrected chi connectivity index (χ1v) is 12.5. The van der Waals surface area contributed by atoms with E-state index in [4.69, 9.17) is 21.3 Å². The van der Waals surface area contributed by atoms with Crippen LogP contribution in [-0.4, -0.2) is 26.8 Å². The van der Waals surface area contributed by atoms with Crippen LogP contribution in [0.5, 0.6) is 5.88 Å². The number of aryl methyl sites for hydroxylation is 1. The third kappa shape index (κ3) is 5.14.